The van der Waals surface area contributed by atoms with E-state index in [2.05, 4.69) is 45.7 Å². The Morgan fingerprint density at radius 3 is 2.74 bits per heavy atom. The van der Waals surface area contributed by atoms with Crippen LogP contribution in [0.2, 0.25) is 0 Å². The molecule has 23 heavy (non-hydrogen) atoms. The second-order valence-corrected chi connectivity index (χ2v) is 5.12. The van der Waals surface area contributed by atoms with Crippen molar-refractivity contribution in [3.8, 4) is 0 Å². The number of guanidine groups is 1. The average molecular weight is 312 g/mol. The van der Waals surface area contributed by atoms with Crippen molar-refractivity contribution in [2.45, 2.75) is 26.6 Å². The van der Waals surface area contributed by atoms with Gasteiger partial charge in [-0.25, -0.2) is 4.99 Å². The van der Waals surface area contributed by atoms with Gasteiger partial charge >= 0.3 is 0 Å². The lowest BCUT2D eigenvalue weighted by molar-refractivity contribution is 0.185. The van der Waals surface area contributed by atoms with Crippen molar-refractivity contribution in [3.05, 3.63) is 65.5 Å². The highest BCUT2D eigenvalue weighted by molar-refractivity contribution is 5.79. The van der Waals surface area contributed by atoms with Gasteiger partial charge < -0.3 is 15.4 Å². The van der Waals surface area contributed by atoms with Crippen molar-refractivity contribution in [2.24, 2.45) is 4.99 Å². The van der Waals surface area contributed by atoms with E-state index in [0.29, 0.717) is 19.7 Å². The maximum atomic E-state index is 5.17. The van der Waals surface area contributed by atoms with Gasteiger partial charge in [-0.2, -0.15) is 0 Å². The van der Waals surface area contributed by atoms with E-state index in [1.807, 2.05) is 24.3 Å². The number of methoxy groups -OCH3 is 1. The Hall–Kier alpha value is -2.40. The number of hydrogen-bond acceptors (Lipinski definition) is 3. The van der Waals surface area contributed by atoms with Gasteiger partial charge in [0.2, 0.25) is 0 Å². The van der Waals surface area contributed by atoms with E-state index in [9.17, 15) is 0 Å². The number of nitrogens with one attached hydrogen (secondary N) is 2. The number of benzene rings is 1. The van der Waals surface area contributed by atoms with Gasteiger partial charge in [-0.05, 0) is 30.2 Å². The summed E-state index contributed by atoms with van der Waals surface area (Å²) in [5.41, 5.74) is 3.31. The summed E-state index contributed by atoms with van der Waals surface area (Å²) >= 11 is 0. The number of hydrogen-bond donors (Lipinski definition) is 2. The Morgan fingerprint density at radius 1 is 1.13 bits per heavy atom. The first-order chi connectivity index (χ1) is 11.3. The fraction of sp³-hybridized carbons (Fsp3) is 0.333. The molecule has 0 unspecified atom stereocenters. The van der Waals surface area contributed by atoms with E-state index in [4.69, 9.17) is 4.74 Å². The van der Waals surface area contributed by atoms with Crippen LogP contribution in [0.15, 0.2) is 53.7 Å². The number of aromatic nitrogens is 1. The zero-order chi connectivity index (χ0) is 16.3. The SMILES string of the molecule is CCNC(=NCc1cccc(COC)c1)NCc1ccccn1. The Morgan fingerprint density at radius 2 is 2.00 bits per heavy atom. The van der Waals surface area contributed by atoms with Gasteiger partial charge in [0.1, 0.15) is 0 Å². The third kappa shape index (κ3) is 6.08. The lowest BCUT2D eigenvalue weighted by Crippen LogP contribution is -2.37. The topological polar surface area (TPSA) is 58.5 Å². The van der Waals surface area contributed by atoms with Crippen LogP contribution in [0, 0.1) is 0 Å². The first-order valence-electron chi connectivity index (χ1n) is 7.80. The molecule has 0 bridgehead atoms. The minimum atomic E-state index is 0.620. The molecule has 0 aliphatic heterocycles. The Bertz CT molecular complexity index is 613. The largest absolute Gasteiger partial charge is 0.380 e. The fourth-order valence-corrected chi connectivity index (χ4v) is 2.17. The average Bonchev–Trinajstić information content (AvgIpc) is 2.59. The van der Waals surface area contributed by atoms with Crippen LogP contribution in [0.5, 0.6) is 0 Å². The molecule has 1 aromatic heterocycles. The zero-order valence-electron chi connectivity index (χ0n) is 13.7. The molecule has 0 saturated carbocycles. The van der Waals surface area contributed by atoms with E-state index in [1.54, 1.807) is 13.3 Å². The minimum Gasteiger partial charge on any atom is -0.380 e. The summed E-state index contributed by atoms with van der Waals surface area (Å²) < 4.78 is 5.17. The number of aliphatic imine (C=N–C) groups is 1. The summed E-state index contributed by atoms with van der Waals surface area (Å²) in [6.07, 6.45) is 1.79. The minimum absolute atomic E-state index is 0.620. The number of nitrogens with zero attached hydrogens (tertiary/aromatic N) is 2. The third-order valence-electron chi connectivity index (χ3n) is 3.23. The summed E-state index contributed by atoms with van der Waals surface area (Å²) in [6.45, 7) is 4.76. The van der Waals surface area contributed by atoms with Crippen LogP contribution in [0.4, 0.5) is 0 Å². The Balaban J connectivity index is 1.96. The lowest BCUT2D eigenvalue weighted by atomic mass is 10.1. The quantitative estimate of drug-likeness (QED) is 0.609. The van der Waals surface area contributed by atoms with E-state index in [0.717, 1.165) is 29.3 Å². The summed E-state index contributed by atoms with van der Waals surface area (Å²) in [4.78, 5) is 8.93. The summed E-state index contributed by atoms with van der Waals surface area (Å²) in [7, 11) is 1.70. The van der Waals surface area contributed by atoms with Crippen LogP contribution in [-0.2, 0) is 24.4 Å². The van der Waals surface area contributed by atoms with Crippen molar-refractivity contribution in [1.29, 1.82) is 0 Å². The summed E-state index contributed by atoms with van der Waals surface area (Å²) in [6, 6.07) is 14.2. The lowest BCUT2D eigenvalue weighted by Gasteiger charge is -2.11. The monoisotopic (exact) mass is 312 g/mol. The molecule has 0 fully saturated rings. The maximum absolute atomic E-state index is 5.17. The number of rotatable bonds is 7. The van der Waals surface area contributed by atoms with Crippen LogP contribution >= 0.6 is 0 Å². The number of ether oxygens (including phenoxy) is 1. The van der Waals surface area contributed by atoms with E-state index >= 15 is 0 Å². The molecule has 0 saturated heterocycles. The molecule has 2 rings (SSSR count). The summed E-state index contributed by atoms with van der Waals surface area (Å²) in [5, 5.41) is 6.55. The van der Waals surface area contributed by atoms with Gasteiger partial charge in [-0.1, -0.05) is 30.3 Å². The molecule has 1 heterocycles. The fourth-order valence-electron chi connectivity index (χ4n) is 2.17. The van der Waals surface area contributed by atoms with Gasteiger partial charge in [0, 0.05) is 19.9 Å². The highest BCUT2D eigenvalue weighted by Crippen LogP contribution is 2.07. The molecule has 2 aromatic rings. The van der Waals surface area contributed by atoms with E-state index in [-0.39, 0.29) is 0 Å². The zero-order valence-corrected chi connectivity index (χ0v) is 13.7. The molecule has 0 radical (unpaired) electrons. The van der Waals surface area contributed by atoms with Crippen molar-refractivity contribution in [1.82, 2.24) is 15.6 Å². The molecule has 0 atom stereocenters. The predicted molar refractivity (Wildman–Crippen MR) is 93.0 cm³/mol. The Labute approximate surface area is 137 Å². The molecular weight excluding hydrogens is 288 g/mol. The number of pyridine rings is 1. The van der Waals surface area contributed by atoms with Crippen molar-refractivity contribution in [2.75, 3.05) is 13.7 Å². The highest BCUT2D eigenvalue weighted by Gasteiger charge is 2.00. The second-order valence-electron chi connectivity index (χ2n) is 5.12. The normalized spacial score (nSPS) is 11.3. The molecule has 0 aliphatic carbocycles. The molecule has 0 spiro atoms. The van der Waals surface area contributed by atoms with Crippen LogP contribution in [0.3, 0.4) is 0 Å². The second kappa shape index (κ2) is 9.58. The van der Waals surface area contributed by atoms with Crippen LogP contribution in [-0.4, -0.2) is 24.6 Å². The first kappa shape index (κ1) is 17.0. The molecule has 5 nitrogen and oxygen atoms in total. The van der Waals surface area contributed by atoms with Gasteiger partial charge in [0.05, 0.1) is 25.4 Å². The molecule has 0 amide bonds. The van der Waals surface area contributed by atoms with Gasteiger partial charge in [0.15, 0.2) is 5.96 Å². The molecule has 1 aromatic carbocycles. The first-order valence-corrected chi connectivity index (χ1v) is 7.80. The summed E-state index contributed by atoms with van der Waals surface area (Å²) in [5.74, 6) is 0.787. The molecule has 2 N–H and O–H groups in total. The van der Waals surface area contributed by atoms with Gasteiger partial charge in [-0.15, -0.1) is 0 Å². The van der Waals surface area contributed by atoms with Crippen LogP contribution in [0.25, 0.3) is 0 Å². The van der Waals surface area contributed by atoms with Gasteiger partial charge in [-0.3, -0.25) is 4.98 Å². The molecular formula is C18H24N4O. The van der Waals surface area contributed by atoms with Crippen LogP contribution < -0.4 is 10.6 Å². The molecule has 0 aliphatic rings. The smallest absolute Gasteiger partial charge is 0.191 e. The van der Waals surface area contributed by atoms with Crippen molar-refractivity contribution in [3.63, 3.8) is 0 Å². The molecule has 5 heteroatoms. The van der Waals surface area contributed by atoms with Crippen molar-refractivity contribution >= 4 is 5.96 Å². The highest BCUT2D eigenvalue weighted by atomic mass is 16.5. The molecule has 122 valence electrons. The standard InChI is InChI=1S/C18H24N4O/c1-3-19-18(22-13-17-9-4-5-10-20-17)21-12-15-7-6-8-16(11-15)14-23-2/h4-11H,3,12-14H2,1-2H3,(H2,19,21,22). The maximum Gasteiger partial charge on any atom is 0.191 e. The van der Waals surface area contributed by atoms with Crippen LogP contribution in [0.1, 0.15) is 23.7 Å². The van der Waals surface area contributed by atoms with Crippen molar-refractivity contribution < 1.29 is 4.74 Å². The van der Waals surface area contributed by atoms with E-state index in [1.165, 1.54) is 0 Å². The van der Waals surface area contributed by atoms with Gasteiger partial charge in [0.25, 0.3) is 0 Å². The van der Waals surface area contributed by atoms with E-state index < -0.39 is 0 Å². The predicted octanol–water partition coefficient (Wildman–Crippen LogP) is 2.48. The Kier molecular flexibility index (Phi) is 7.07. The third-order valence-corrected chi connectivity index (χ3v) is 3.23.